The van der Waals surface area contributed by atoms with Crippen LogP contribution >= 0.6 is 12.6 Å². The Morgan fingerprint density at radius 2 is 1.74 bits per heavy atom. The summed E-state index contributed by atoms with van der Waals surface area (Å²) in [7, 11) is 0. The topological polar surface area (TPSA) is 142 Å². The second-order valence-corrected chi connectivity index (χ2v) is 5.14. The van der Waals surface area contributed by atoms with E-state index in [1.807, 2.05) is 0 Å². The van der Waals surface area contributed by atoms with Gasteiger partial charge < -0.3 is 26.6 Å². The lowest BCUT2D eigenvalue weighted by Gasteiger charge is -2.20. The van der Waals surface area contributed by atoms with E-state index in [-0.39, 0.29) is 24.5 Å². The van der Waals surface area contributed by atoms with Crippen molar-refractivity contribution in [2.24, 2.45) is 5.73 Å². The van der Waals surface area contributed by atoms with Crippen LogP contribution in [0.15, 0.2) is 24.3 Å². The molecule has 0 aromatic heterocycles. The lowest BCUT2D eigenvalue weighted by Crippen LogP contribution is -2.53. The summed E-state index contributed by atoms with van der Waals surface area (Å²) < 4.78 is 0. The number of aromatic hydroxyl groups is 1. The number of benzene rings is 1. The Hall–Kier alpha value is -2.26. The zero-order valence-electron chi connectivity index (χ0n) is 12.2. The van der Waals surface area contributed by atoms with E-state index in [4.69, 9.17) is 5.73 Å². The average Bonchev–Trinajstić information content (AvgIpc) is 2.53. The van der Waals surface area contributed by atoms with Crippen LogP contribution in [0.4, 0.5) is 0 Å². The number of carbonyl (C=O) groups excluding carboxylic acids is 2. The van der Waals surface area contributed by atoms with Gasteiger partial charge in [0.1, 0.15) is 17.8 Å². The van der Waals surface area contributed by atoms with Gasteiger partial charge in [0.25, 0.3) is 0 Å². The van der Waals surface area contributed by atoms with Gasteiger partial charge in [-0.2, -0.15) is 12.6 Å². The summed E-state index contributed by atoms with van der Waals surface area (Å²) in [5.41, 5.74) is 5.78. The zero-order chi connectivity index (χ0) is 17.4. The smallest absolute Gasteiger partial charge is 0.326 e. The van der Waals surface area contributed by atoms with E-state index < -0.39 is 29.9 Å². The van der Waals surface area contributed by atoms with Gasteiger partial charge in [-0.05, 0) is 17.7 Å². The minimum absolute atomic E-state index is 0.00310. The molecule has 1 aromatic rings. The number of carbonyl (C=O) groups is 3. The minimum atomic E-state index is -1.21. The van der Waals surface area contributed by atoms with Gasteiger partial charge in [0.2, 0.25) is 11.8 Å². The Labute approximate surface area is 138 Å². The molecule has 0 aliphatic carbocycles. The van der Waals surface area contributed by atoms with Crippen molar-refractivity contribution >= 4 is 30.4 Å². The lowest BCUT2D eigenvalue weighted by molar-refractivity contribution is -0.142. The average molecular weight is 341 g/mol. The van der Waals surface area contributed by atoms with Gasteiger partial charge in [0.05, 0.1) is 6.54 Å². The SMILES string of the molecule is NCC(=O)N[C@@H](CS)C(=O)N[C@@H](Cc1ccc(O)cc1)C(=O)O. The predicted molar refractivity (Wildman–Crippen MR) is 86.2 cm³/mol. The summed E-state index contributed by atoms with van der Waals surface area (Å²) in [4.78, 5) is 34.6. The molecule has 0 unspecified atom stereocenters. The Morgan fingerprint density at radius 3 is 2.22 bits per heavy atom. The third kappa shape index (κ3) is 6.17. The van der Waals surface area contributed by atoms with Crippen LogP contribution in [-0.4, -0.2) is 52.4 Å². The van der Waals surface area contributed by atoms with E-state index in [0.29, 0.717) is 5.56 Å². The monoisotopic (exact) mass is 341 g/mol. The van der Waals surface area contributed by atoms with Crippen LogP contribution in [0.2, 0.25) is 0 Å². The molecular weight excluding hydrogens is 322 g/mol. The van der Waals surface area contributed by atoms with E-state index in [1.165, 1.54) is 12.1 Å². The molecule has 9 heteroatoms. The highest BCUT2D eigenvalue weighted by molar-refractivity contribution is 7.80. The van der Waals surface area contributed by atoms with Crippen molar-refractivity contribution in [1.29, 1.82) is 0 Å². The Balaban J connectivity index is 2.74. The fourth-order valence-electron chi connectivity index (χ4n) is 1.79. The van der Waals surface area contributed by atoms with Crippen molar-refractivity contribution in [3.8, 4) is 5.75 Å². The summed E-state index contributed by atoms with van der Waals surface area (Å²) in [6.45, 7) is -0.284. The third-order valence-corrected chi connectivity index (χ3v) is 3.38. The van der Waals surface area contributed by atoms with Gasteiger partial charge >= 0.3 is 5.97 Å². The molecule has 0 aliphatic heterocycles. The van der Waals surface area contributed by atoms with E-state index in [1.54, 1.807) is 12.1 Å². The van der Waals surface area contributed by atoms with Crippen LogP contribution in [0.3, 0.4) is 0 Å². The number of amides is 2. The summed E-state index contributed by atoms with van der Waals surface area (Å²) in [5, 5.41) is 23.2. The number of phenols is 1. The molecule has 23 heavy (non-hydrogen) atoms. The molecule has 126 valence electrons. The molecule has 0 aliphatic rings. The third-order valence-electron chi connectivity index (χ3n) is 3.01. The number of hydrogen-bond acceptors (Lipinski definition) is 6. The first-order valence-electron chi connectivity index (χ1n) is 6.78. The van der Waals surface area contributed by atoms with Crippen LogP contribution in [0.5, 0.6) is 5.75 Å². The van der Waals surface area contributed by atoms with Crippen molar-refractivity contribution in [3.05, 3.63) is 29.8 Å². The molecule has 6 N–H and O–H groups in total. The second-order valence-electron chi connectivity index (χ2n) is 4.78. The van der Waals surface area contributed by atoms with Gasteiger partial charge in [-0.25, -0.2) is 4.79 Å². The van der Waals surface area contributed by atoms with Gasteiger partial charge in [0, 0.05) is 12.2 Å². The molecule has 2 amide bonds. The largest absolute Gasteiger partial charge is 0.508 e. The molecule has 0 spiro atoms. The number of carboxylic acids is 1. The van der Waals surface area contributed by atoms with Crippen molar-refractivity contribution in [3.63, 3.8) is 0 Å². The van der Waals surface area contributed by atoms with Gasteiger partial charge in [-0.3, -0.25) is 9.59 Å². The standard InChI is InChI=1S/C14H19N3O5S/c15-6-12(19)16-11(7-23)13(20)17-10(14(21)22)5-8-1-3-9(18)4-2-8/h1-4,10-11,18,23H,5-7,15H2,(H,16,19)(H,17,20)(H,21,22)/t10-,11-/m0/s1. The number of hydrogen-bond donors (Lipinski definition) is 6. The van der Waals surface area contributed by atoms with Crippen LogP contribution in [-0.2, 0) is 20.8 Å². The first-order valence-corrected chi connectivity index (χ1v) is 7.42. The maximum absolute atomic E-state index is 12.1. The zero-order valence-corrected chi connectivity index (χ0v) is 13.1. The molecule has 0 bridgehead atoms. The van der Waals surface area contributed by atoms with Crippen LogP contribution in [0.1, 0.15) is 5.56 Å². The molecule has 1 aromatic carbocycles. The molecule has 2 atom stereocenters. The van der Waals surface area contributed by atoms with E-state index in [0.717, 1.165) is 0 Å². The maximum atomic E-state index is 12.1. The van der Waals surface area contributed by atoms with Crippen molar-refractivity contribution in [2.45, 2.75) is 18.5 Å². The first-order chi connectivity index (χ1) is 10.9. The van der Waals surface area contributed by atoms with Crippen LogP contribution in [0.25, 0.3) is 0 Å². The Bertz CT molecular complexity index is 564. The highest BCUT2D eigenvalue weighted by Crippen LogP contribution is 2.11. The lowest BCUT2D eigenvalue weighted by atomic mass is 10.1. The highest BCUT2D eigenvalue weighted by atomic mass is 32.1. The predicted octanol–water partition coefficient (Wildman–Crippen LogP) is -1.12. The molecule has 0 fully saturated rings. The van der Waals surface area contributed by atoms with Crippen LogP contribution in [0, 0.1) is 0 Å². The molecule has 0 radical (unpaired) electrons. The number of rotatable bonds is 8. The molecule has 1 rings (SSSR count). The van der Waals surface area contributed by atoms with Crippen molar-refractivity contribution in [2.75, 3.05) is 12.3 Å². The summed E-state index contributed by atoms with van der Waals surface area (Å²) >= 11 is 3.96. The second kappa shape index (κ2) is 9.01. The number of phenolic OH excluding ortho intramolecular Hbond substituents is 1. The molecule has 0 saturated heterocycles. The molecule has 8 nitrogen and oxygen atoms in total. The van der Waals surface area contributed by atoms with Gasteiger partial charge in [-0.15, -0.1) is 0 Å². The van der Waals surface area contributed by atoms with Crippen molar-refractivity contribution < 1.29 is 24.6 Å². The van der Waals surface area contributed by atoms with E-state index >= 15 is 0 Å². The molecule has 0 saturated carbocycles. The summed E-state index contributed by atoms with van der Waals surface area (Å²) in [5.74, 6) is -2.35. The number of thiol groups is 1. The molecular formula is C14H19N3O5S. The van der Waals surface area contributed by atoms with Crippen LogP contribution < -0.4 is 16.4 Å². The van der Waals surface area contributed by atoms with Crippen molar-refractivity contribution in [1.82, 2.24) is 10.6 Å². The van der Waals surface area contributed by atoms with Gasteiger partial charge in [0.15, 0.2) is 0 Å². The van der Waals surface area contributed by atoms with E-state index in [9.17, 15) is 24.6 Å². The Morgan fingerprint density at radius 1 is 1.13 bits per heavy atom. The summed E-state index contributed by atoms with van der Waals surface area (Å²) in [6, 6.07) is 3.82. The van der Waals surface area contributed by atoms with Gasteiger partial charge in [-0.1, -0.05) is 12.1 Å². The first kappa shape index (κ1) is 18.8. The van der Waals surface area contributed by atoms with E-state index in [2.05, 4.69) is 23.3 Å². The minimum Gasteiger partial charge on any atom is -0.508 e. The maximum Gasteiger partial charge on any atom is 0.326 e. The Kier molecular flexibility index (Phi) is 7.36. The summed E-state index contributed by atoms with van der Waals surface area (Å²) in [6.07, 6.45) is 0.0332. The normalized spacial score (nSPS) is 13.0. The fraction of sp³-hybridized carbons (Fsp3) is 0.357. The number of aliphatic carboxylic acids is 1. The number of carboxylic acid groups (broad SMARTS) is 1. The highest BCUT2D eigenvalue weighted by Gasteiger charge is 2.25. The quantitative estimate of drug-likeness (QED) is 0.331. The number of nitrogens with one attached hydrogen (secondary N) is 2. The number of nitrogens with two attached hydrogens (primary N) is 1. The fourth-order valence-corrected chi connectivity index (χ4v) is 2.04. The molecule has 0 heterocycles.